The summed E-state index contributed by atoms with van der Waals surface area (Å²) >= 11 is 0. The molecule has 1 amide bonds. The van der Waals surface area contributed by atoms with Crippen molar-refractivity contribution in [3.63, 3.8) is 0 Å². The van der Waals surface area contributed by atoms with Crippen molar-refractivity contribution < 1.29 is 14.3 Å². The number of amides is 1. The van der Waals surface area contributed by atoms with Gasteiger partial charge in [0.2, 0.25) is 0 Å². The van der Waals surface area contributed by atoms with Crippen molar-refractivity contribution in [2.75, 3.05) is 6.61 Å². The van der Waals surface area contributed by atoms with Gasteiger partial charge in [0, 0.05) is 0 Å². The molecule has 3 aromatic carbocycles. The summed E-state index contributed by atoms with van der Waals surface area (Å²) in [4.78, 5) is 23.6. The van der Waals surface area contributed by atoms with Gasteiger partial charge in [0.1, 0.15) is 5.75 Å². The molecule has 4 nitrogen and oxygen atoms in total. The molecule has 0 spiro atoms. The van der Waals surface area contributed by atoms with E-state index in [0.29, 0.717) is 11.3 Å². The van der Waals surface area contributed by atoms with Crippen molar-refractivity contribution in [1.82, 2.24) is 5.32 Å². The molecule has 1 atom stereocenters. The average molecular weight is 333 g/mol. The lowest BCUT2D eigenvalue weighted by Gasteiger charge is -2.15. The third-order valence-corrected chi connectivity index (χ3v) is 4.08. The fourth-order valence-corrected chi connectivity index (χ4v) is 2.77. The molecule has 126 valence electrons. The van der Waals surface area contributed by atoms with E-state index in [-0.39, 0.29) is 18.6 Å². The Morgan fingerprint density at radius 2 is 1.76 bits per heavy atom. The molecule has 3 rings (SSSR count). The lowest BCUT2D eigenvalue weighted by Crippen LogP contribution is -2.31. The Bertz CT molecular complexity index is 890. The second kappa shape index (κ2) is 7.62. The highest BCUT2D eigenvalue weighted by Crippen LogP contribution is 2.26. The number of nitrogens with one attached hydrogen (secondary N) is 1. The predicted molar refractivity (Wildman–Crippen MR) is 97.8 cm³/mol. The molecule has 1 N–H and O–H groups in total. The predicted octanol–water partition coefficient (Wildman–Crippen LogP) is 3.91. The van der Waals surface area contributed by atoms with Crippen molar-refractivity contribution >= 4 is 23.0 Å². The molecule has 0 radical (unpaired) electrons. The minimum absolute atomic E-state index is 0.112. The first kappa shape index (κ1) is 16.7. The fraction of sp³-hybridized carbons (Fsp3) is 0.143. The number of ether oxygens (including phenoxy) is 1. The van der Waals surface area contributed by atoms with Gasteiger partial charge in [0.05, 0.1) is 11.6 Å². The van der Waals surface area contributed by atoms with Gasteiger partial charge in [-0.1, -0.05) is 60.7 Å². The monoisotopic (exact) mass is 333 g/mol. The molecule has 0 saturated heterocycles. The summed E-state index contributed by atoms with van der Waals surface area (Å²) in [6, 6.07) is 20.8. The minimum atomic E-state index is -0.235. The van der Waals surface area contributed by atoms with E-state index >= 15 is 0 Å². The van der Waals surface area contributed by atoms with Crippen molar-refractivity contribution in [2.45, 2.75) is 13.0 Å². The first-order valence-electron chi connectivity index (χ1n) is 8.13. The van der Waals surface area contributed by atoms with Gasteiger partial charge in [-0.2, -0.15) is 0 Å². The van der Waals surface area contributed by atoms with Gasteiger partial charge in [-0.25, -0.2) is 0 Å². The Morgan fingerprint density at radius 3 is 2.52 bits per heavy atom. The first-order chi connectivity index (χ1) is 12.2. The molecule has 0 heterocycles. The van der Waals surface area contributed by atoms with E-state index in [0.717, 1.165) is 22.6 Å². The Balaban J connectivity index is 1.68. The van der Waals surface area contributed by atoms with Crippen LogP contribution in [0.2, 0.25) is 0 Å². The van der Waals surface area contributed by atoms with E-state index in [4.69, 9.17) is 4.74 Å². The van der Waals surface area contributed by atoms with Crippen molar-refractivity contribution in [2.24, 2.45) is 0 Å². The lowest BCUT2D eigenvalue weighted by molar-refractivity contribution is -0.123. The van der Waals surface area contributed by atoms with E-state index in [1.54, 1.807) is 6.07 Å². The number of aldehydes is 1. The molecule has 0 aliphatic rings. The van der Waals surface area contributed by atoms with Crippen LogP contribution in [0.25, 0.3) is 10.8 Å². The number of carbonyl (C=O) groups excluding carboxylic acids is 2. The smallest absolute Gasteiger partial charge is 0.258 e. The summed E-state index contributed by atoms with van der Waals surface area (Å²) in [5.41, 5.74) is 1.48. The van der Waals surface area contributed by atoms with E-state index in [1.165, 1.54) is 0 Å². The number of fused-ring (bicyclic) bond motifs is 1. The zero-order valence-corrected chi connectivity index (χ0v) is 13.9. The van der Waals surface area contributed by atoms with Crippen LogP contribution in [-0.2, 0) is 4.79 Å². The van der Waals surface area contributed by atoms with E-state index in [2.05, 4.69) is 5.32 Å². The second-order valence-electron chi connectivity index (χ2n) is 5.80. The van der Waals surface area contributed by atoms with Crippen LogP contribution in [0.3, 0.4) is 0 Å². The highest BCUT2D eigenvalue weighted by Gasteiger charge is 2.12. The van der Waals surface area contributed by atoms with E-state index < -0.39 is 0 Å². The number of hydrogen-bond donors (Lipinski definition) is 1. The molecule has 0 fully saturated rings. The summed E-state index contributed by atoms with van der Waals surface area (Å²) in [7, 11) is 0. The van der Waals surface area contributed by atoms with Gasteiger partial charge in [0.25, 0.3) is 5.91 Å². The Labute approximate surface area is 146 Å². The van der Waals surface area contributed by atoms with Gasteiger partial charge in [-0.05, 0) is 29.3 Å². The normalized spacial score (nSPS) is 11.7. The molecular weight excluding hydrogens is 314 g/mol. The maximum Gasteiger partial charge on any atom is 0.258 e. The van der Waals surface area contributed by atoms with E-state index in [1.807, 2.05) is 67.6 Å². The Kier molecular flexibility index (Phi) is 5.09. The van der Waals surface area contributed by atoms with Crippen LogP contribution < -0.4 is 10.1 Å². The van der Waals surface area contributed by atoms with Gasteiger partial charge in [-0.15, -0.1) is 0 Å². The zero-order valence-electron chi connectivity index (χ0n) is 13.9. The molecule has 0 aromatic heterocycles. The molecular formula is C21H19NO3. The maximum atomic E-state index is 12.1. The van der Waals surface area contributed by atoms with Crippen LogP contribution in [-0.4, -0.2) is 18.8 Å². The topological polar surface area (TPSA) is 55.4 Å². The van der Waals surface area contributed by atoms with Gasteiger partial charge >= 0.3 is 0 Å². The number of benzene rings is 3. The number of hydrogen-bond acceptors (Lipinski definition) is 3. The molecule has 0 aliphatic heterocycles. The van der Waals surface area contributed by atoms with E-state index in [9.17, 15) is 9.59 Å². The molecule has 0 saturated carbocycles. The van der Waals surface area contributed by atoms with Crippen LogP contribution in [0.4, 0.5) is 0 Å². The summed E-state index contributed by atoms with van der Waals surface area (Å²) in [6.07, 6.45) is 0.766. The highest BCUT2D eigenvalue weighted by molar-refractivity contribution is 6.00. The summed E-state index contributed by atoms with van der Waals surface area (Å²) < 4.78 is 5.59. The maximum absolute atomic E-state index is 12.1. The standard InChI is InChI=1S/C21H19NO3/c1-15(16-7-3-2-4-8-16)22-21(24)14-25-20-12-11-17-9-5-6-10-18(17)19(20)13-23/h2-13,15H,14H2,1H3,(H,22,24)/t15-/m0/s1. The van der Waals surface area contributed by atoms with Crippen LogP contribution >= 0.6 is 0 Å². The molecule has 0 aliphatic carbocycles. The third kappa shape index (κ3) is 3.86. The van der Waals surface area contributed by atoms with Crippen LogP contribution in [0.15, 0.2) is 66.7 Å². The van der Waals surface area contributed by atoms with Crippen LogP contribution in [0, 0.1) is 0 Å². The Hall–Kier alpha value is -3.14. The Morgan fingerprint density at radius 1 is 1.04 bits per heavy atom. The van der Waals surface area contributed by atoms with Crippen LogP contribution in [0.5, 0.6) is 5.75 Å². The van der Waals surface area contributed by atoms with Crippen molar-refractivity contribution in [1.29, 1.82) is 0 Å². The minimum Gasteiger partial charge on any atom is -0.483 e. The van der Waals surface area contributed by atoms with Crippen molar-refractivity contribution in [3.8, 4) is 5.75 Å². The summed E-state index contributed by atoms with van der Waals surface area (Å²) in [6.45, 7) is 1.77. The zero-order chi connectivity index (χ0) is 17.6. The molecule has 25 heavy (non-hydrogen) atoms. The molecule has 4 heteroatoms. The quantitative estimate of drug-likeness (QED) is 0.696. The number of carbonyl (C=O) groups is 2. The molecule has 0 bridgehead atoms. The first-order valence-corrected chi connectivity index (χ1v) is 8.13. The van der Waals surface area contributed by atoms with Crippen LogP contribution in [0.1, 0.15) is 28.9 Å². The highest BCUT2D eigenvalue weighted by atomic mass is 16.5. The molecule has 3 aromatic rings. The molecule has 0 unspecified atom stereocenters. The average Bonchev–Trinajstić information content (AvgIpc) is 2.66. The number of rotatable bonds is 6. The van der Waals surface area contributed by atoms with Gasteiger partial charge < -0.3 is 10.1 Å². The third-order valence-electron chi connectivity index (χ3n) is 4.08. The summed E-state index contributed by atoms with van der Waals surface area (Å²) in [5.74, 6) is 0.178. The van der Waals surface area contributed by atoms with Crippen molar-refractivity contribution in [3.05, 3.63) is 77.9 Å². The largest absolute Gasteiger partial charge is 0.483 e. The van der Waals surface area contributed by atoms with Gasteiger partial charge in [0.15, 0.2) is 12.9 Å². The fourth-order valence-electron chi connectivity index (χ4n) is 2.77. The lowest BCUT2D eigenvalue weighted by atomic mass is 10.0. The van der Waals surface area contributed by atoms with Gasteiger partial charge in [-0.3, -0.25) is 9.59 Å². The summed E-state index contributed by atoms with van der Waals surface area (Å²) in [5, 5.41) is 4.66. The second-order valence-corrected chi connectivity index (χ2v) is 5.80. The SMILES string of the molecule is C[C@H](NC(=O)COc1ccc2ccccc2c1C=O)c1ccccc1.